The second-order valence-electron chi connectivity index (χ2n) is 6.73. The van der Waals surface area contributed by atoms with Gasteiger partial charge in [-0.15, -0.1) is 0 Å². The van der Waals surface area contributed by atoms with Gasteiger partial charge in [-0.05, 0) is 24.3 Å². The van der Waals surface area contributed by atoms with Gasteiger partial charge in [-0.1, -0.05) is 0 Å². The summed E-state index contributed by atoms with van der Waals surface area (Å²) in [5, 5.41) is 20.6. The number of nitrogens with zero attached hydrogens (tertiary/aromatic N) is 1. The van der Waals surface area contributed by atoms with Crippen LogP contribution in [0.25, 0.3) is 17.0 Å². The Kier molecular flexibility index (Phi) is 3.60. The molecular weight excluding hydrogens is 362 g/mol. The lowest BCUT2D eigenvalue weighted by atomic mass is 10.1. The second kappa shape index (κ2) is 6.03. The summed E-state index contributed by atoms with van der Waals surface area (Å²) in [5.41, 5.74) is 2.83. The molecule has 0 unspecified atom stereocenters. The number of allylic oxidation sites excluding steroid dienone is 1. The summed E-state index contributed by atoms with van der Waals surface area (Å²) < 4.78 is 18.8. The van der Waals surface area contributed by atoms with Crippen molar-refractivity contribution in [1.29, 1.82) is 0 Å². The predicted octanol–water partition coefficient (Wildman–Crippen LogP) is 3.21. The lowest BCUT2D eigenvalue weighted by molar-refractivity contribution is 0.0863. The summed E-state index contributed by atoms with van der Waals surface area (Å²) in [4.78, 5) is 12.8. The van der Waals surface area contributed by atoms with Gasteiger partial charge < -0.3 is 29.0 Å². The summed E-state index contributed by atoms with van der Waals surface area (Å²) in [5.74, 6) is 0.0209. The van der Waals surface area contributed by atoms with Crippen LogP contribution in [0.1, 0.15) is 21.6 Å². The van der Waals surface area contributed by atoms with Crippen molar-refractivity contribution in [2.45, 2.75) is 13.2 Å². The number of phenols is 2. The van der Waals surface area contributed by atoms with Crippen molar-refractivity contribution in [1.82, 2.24) is 4.57 Å². The lowest BCUT2D eigenvalue weighted by Gasteiger charge is -2.17. The van der Waals surface area contributed by atoms with Gasteiger partial charge in [0.15, 0.2) is 5.76 Å². The first-order valence-corrected chi connectivity index (χ1v) is 8.84. The van der Waals surface area contributed by atoms with Crippen LogP contribution in [0.4, 0.5) is 0 Å². The van der Waals surface area contributed by atoms with Crippen LogP contribution in [0.15, 0.2) is 36.1 Å². The number of rotatable bonds is 2. The minimum absolute atomic E-state index is 0.0512. The van der Waals surface area contributed by atoms with Crippen LogP contribution in [0.5, 0.6) is 23.0 Å². The highest BCUT2D eigenvalue weighted by atomic mass is 16.5. The van der Waals surface area contributed by atoms with E-state index in [9.17, 15) is 15.0 Å². The van der Waals surface area contributed by atoms with E-state index in [0.29, 0.717) is 25.5 Å². The standard InChI is InChI=1S/C21H17NO6/c1-26-12-2-3-15-13(8-12)14(16-10-27-5-4-22(15)16)9-19-21(25)20-17(24)6-11(23)7-18(20)28-19/h2-3,6-9,23-24H,4-5,10H2,1H3. The summed E-state index contributed by atoms with van der Waals surface area (Å²) in [7, 11) is 1.61. The molecule has 2 N–H and O–H groups in total. The van der Waals surface area contributed by atoms with E-state index < -0.39 is 5.78 Å². The highest BCUT2D eigenvalue weighted by molar-refractivity contribution is 6.17. The minimum atomic E-state index is -0.430. The van der Waals surface area contributed by atoms with Crippen LogP contribution >= 0.6 is 0 Å². The Balaban J connectivity index is 1.70. The zero-order chi connectivity index (χ0) is 19.4. The van der Waals surface area contributed by atoms with Crippen molar-refractivity contribution in [2.75, 3.05) is 13.7 Å². The van der Waals surface area contributed by atoms with Crippen molar-refractivity contribution in [3.63, 3.8) is 0 Å². The average molecular weight is 379 g/mol. The van der Waals surface area contributed by atoms with Gasteiger partial charge in [-0.2, -0.15) is 0 Å². The van der Waals surface area contributed by atoms with Gasteiger partial charge in [-0.25, -0.2) is 0 Å². The molecule has 0 radical (unpaired) electrons. The first kappa shape index (κ1) is 16.7. The number of hydrogen-bond acceptors (Lipinski definition) is 6. The Morgan fingerprint density at radius 3 is 2.89 bits per heavy atom. The molecule has 0 aliphatic carbocycles. The monoisotopic (exact) mass is 379 g/mol. The molecule has 3 aromatic rings. The molecular formula is C21H17NO6. The zero-order valence-electron chi connectivity index (χ0n) is 15.1. The van der Waals surface area contributed by atoms with Crippen LogP contribution in [0.2, 0.25) is 0 Å². The van der Waals surface area contributed by atoms with E-state index in [1.54, 1.807) is 13.2 Å². The number of Topliss-reactive ketones (excluding diaryl/α,β-unsaturated/α-hetero) is 1. The maximum absolute atomic E-state index is 12.8. The number of methoxy groups -OCH3 is 1. The van der Waals surface area contributed by atoms with Crippen molar-refractivity contribution in [3.05, 3.63) is 52.9 Å². The molecule has 0 amide bonds. The van der Waals surface area contributed by atoms with E-state index in [4.69, 9.17) is 14.2 Å². The predicted molar refractivity (Wildman–Crippen MR) is 101 cm³/mol. The molecule has 0 fully saturated rings. The van der Waals surface area contributed by atoms with E-state index in [1.165, 1.54) is 6.07 Å². The number of phenolic OH excluding ortho intramolecular Hbond substituents is 2. The Hall–Kier alpha value is -3.45. The number of fused-ring (bicyclic) bond motifs is 4. The minimum Gasteiger partial charge on any atom is -0.508 e. The van der Waals surface area contributed by atoms with E-state index in [-0.39, 0.29) is 28.6 Å². The molecule has 0 saturated heterocycles. The van der Waals surface area contributed by atoms with Gasteiger partial charge >= 0.3 is 0 Å². The Morgan fingerprint density at radius 1 is 1.21 bits per heavy atom. The maximum atomic E-state index is 12.8. The summed E-state index contributed by atoms with van der Waals surface area (Å²) in [6.45, 7) is 1.75. The fourth-order valence-corrected chi connectivity index (χ4v) is 3.85. The molecule has 3 heterocycles. The summed E-state index contributed by atoms with van der Waals surface area (Å²) >= 11 is 0. The maximum Gasteiger partial charge on any atom is 0.235 e. The lowest BCUT2D eigenvalue weighted by Crippen LogP contribution is -2.16. The molecule has 0 saturated carbocycles. The summed E-state index contributed by atoms with van der Waals surface area (Å²) in [6.07, 6.45) is 1.67. The third-order valence-electron chi connectivity index (χ3n) is 5.13. The molecule has 1 aromatic heterocycles. The van der Waals surface area contributed by atoms with Crippen LogP contribution in [-0.2, 0) is 17.9 Å². The van der Waals surface area contributed by atoms with Crippen LogP contribution in [-0.4, -0.2) is 34.3 Å². The Labute approximate surface area is 160 Å². The Bertz CT molecular complexity index is 1170. The number of carbonyl (C=O) groups is 1. The first-order chi connectivity index (χ1) is 13.6. The van der Waals surface area contributed by atoms with Gasteiger partial charge in [-0.3, -0.25) is 4.79 Å². The third-order valence-corrected chi connectivity index (χ3v) is 5.13. The normalized spacial score (nSPS) is 16.9. The number of benzene rings is 2. The topological polar surface area (TPSA) is 90.2 Å². The largest absolute Gasteiger partial charge is 0.508 e. The van der Waals surface area contributed by atoms with Crippen LogP contribution in [0.3, 0.4) is 0 Å². The molecule has 0 spiro atoms. The Morgan fingerprint density at radius 2 is 2.07 bits per heavy atom. The van der Waals surface area contributed by atoms with Crippen LogP contribution in [0, 0.1) is 0 Å². The molecule has 28 heavy (non-hydrogen) atoms. The number of ketones is 1. The van der Waals surface area contributed by atoms with E-state index in [1.807, 2.05) is 18.2 Å². The van der Waals surface area contributed by atoms with Crippen molar-refractivity contribution < 1.29 is 29.2 Å². The molecule has 0 atom stereocenters. The number of hydrogen-bond donors (Lipinski definition) is 2. The van der Waals surface area contributed by atoms with Gasteiger partial charge in [0, 0.05) is 35.1 Å². The highest BCUT2D eigenvalue weighted by Crippen LogP contribution is 2.42. The highest BCUT2D eigenvalue weighted by Gasteiger charge is 2.32. The van der Waals surface area contributed by atoms with Gasteiger partial charge in [0.25, 0.3) is 0 Å². The third kappa shape index (κ3) is 2.36. The summed E-state index contributed by atoms with van der Waals surface area (Å²) in [6, 6.07) is 8.24. The van der Waals surface area contributed by atoms with E-state index in [0.717, 1.165) is 28.2 Å². The fraction of sp³-hybridized carbons (Fsp3) is 0.190. The van der Waals surface area contributed by atoms with Gasteiger partial charge in [0.2, 0.25) is 5.78 Å². The number of carbonyl (C=O) groups excluding carboxylic acids is 1. The molecule has 0 bridgehead atoms. The van der Waals surface area contributed by atoms with Crippen molar-refractivity contribution in [3.8, 4) is 23.0 Å². The molecule has 2 aromatic carbocycles. The van der Waals surface area contributed by atoms with E-state index >= 15 is 0 Å². The average Bonchev–Trinajstić information content (AvgIpc) is 3.17. The fourth-order valence-electron chi connectivity index (χ4n) is 3.85. The SMILES string of the molecule is COc1ccc2c(c1)c(C=C1Oc3cc(O)cc(O)c3C1=O)c1n2CCOC1. The number of aromatic nitrogens is 1. The van der Waals surface area contributed by atoms with E-state index in [2.05, 4.69) is 4.57 Å². The quantitative estimate of drug-likeness (QED) is 0.665. The zero-order valence-corrected chi connectivity index (χ0v) is 15.1. The van der Waals surface area contributed by atoms with Crippen molar-refractivity contribution >= 4 is 22.8 Å². The molecule has 7 nitrogen and oxygen atoms in total. The number of aromatic hydroxyl groups is 2. The second-order valence-corrected chi connectivity index (χ2v) is 6.73. The van der Waals surface area contributed by atoms with Crippen molar-refractivity contribution in [2.24, 2.45) is 0 Å². The molecule has 7 heteroatoms. The first-order valence-electron chi connectivity index (χ1n) is 8.84. The van der Waals surface area contributed by atoms with Gasteiger partial charge in [0.05, 0.1) is 26.0 Å². The molecule has 2 aliphatic rings. The molecule has 5 rings (SSSR count). The molecule has 2 aliphatic heterocycles. The smallest absolute Gasteiger partial charge is 0.235 e. The van der Waals surface area contributed by atoms with Gasteiger partial charge in [0.1, 0.15) is 28.6 Å². The van der Waals surface area contributed by atoms with Crippen LogP contribution < -0.4 is 9.47 Å². The molecule has 142 valence electrons. The number of ether oxygens (including phenoxy) is 3.